The highest BCUT2D eigenvalue weighted by Gasteiger charge is 2.30. The number of aromatic nitrogens is 5. The second-order valence-corrected chi connectivity index (χ2v) is 8.31. The SMILES string of the molecule is C=CCn1c(COc2ccc(Cl)cc2)nnc1SC(C)c1nc(C2CC2)no1. The minimum absolute atomic E-state index is 0.0298. The zero-order valence-corrected chi connectivity index (χ0v) is 17.0. The van der Waals surface area contributed by atoms with Crippen LogP contribution in [0.2, 0.25) is 5.02 Å². The highest BCUT2D eigenvalue weighted by molar-refractivity contribution is 7.99. The molecule has 1 aliphatic carbocycles. The fraction of sp³-hybridized carbons (Fsp3) is 0.368. The van der Waals surface area contributed by atoms with Crippen LogP contribution in [0.25, 0.3) is 0 Å². The van der Waals surface area contributed by atoms with Crippen molar-refractivity contribution >= 4 is 23.4 Å². The van der Waals surface area contributed by atoms with Crippen LogP contribution in [-0.2, 0) is 13.2 Å². The minimum atomic E-state index is -0.0298. The third-order valence-electron chi connectivity index (χ3n) is 4.32. The molecule has 1 unspecified atom stereocenters. The van der Waals surface area contributed by atoms with Crippen LogP contribution >= 0.6 is 23.4 Å². The Hall–Kier alpha value is -2.32. The van der Waals surface area contributed by atoms with Gasteiger partial charge in [0.25, 0.3) is 0 Å². The summed E-state index contributed by atoms with van der Waals surface area (Å²) >= 11 is 7.43. The maximum Gasteiger partial charge on any atom is 0.239 e. The molecule has 4 rings (SSSR count). The zero-order chi connectivity index (χ0) is 19.5. The first-order valence-electron chi connectivity index (χ1n) is 9.05. The van der Waals surface area contributed by atoms with Crippen LogP contribution in [0.15, 0.2) is 46.6 Å². The van der Waals surface area contributed by atoms with E-state index in [2.05, 4.69) is 26.9 Å². The first-order valence-corrected chi connectivity index (χ1v) is 10.3. The van der Waals surface area contributed by atoms with Crippen molar-refractivity contribution in [3.05, 3.63) is 59.5 Å². The molecule has 1 atom stereocenters. The summed E-state index contributed by atoms with van der Waals surface area (Å²) in [4.78, 5) is 4.52. The van der Waals surface area contributed by atoms with Crippen molar-refractivity contribution in [2.45, 2.75) is 49.2 Å². The van der Waals surface area contributed by atoms with Crippen LogP contribution in [0.5, 0.6) is 5.75 Å². The summed E-state index contributed by atoms with van der Waals surface area (Å²) in [5.74, 6) is 3.33. The molecule has 2 aromatic heterocycles. The Morgan fingerprint density at radius 1 is 1.36 bits per heavy atom. The van der Waals surface area contributed by atoms with Gasteiger partial charge >= 0.3 is 0 Å². The van der Waals surface area contributed by atoms with Crippen LogP contribution in [0.4, 0.5) is 0 Å². The lowest BCUT2D eigenvalue weighted by Crippen LogP contribution is -2.08. The Morgan fingerprint density at radius 3 is 2.86 bits per heavy atom. The maximum absolute atomic E-state index is 5.91. The quantitative estimate of drug-likeness (QED) is 0.365. The highest BCUT2D eigenvalue weighted by atomic mass is 35.5. The summed E-state index contributed by atoms with van der Waals surface area (Å²) in [7, 11) is 0. The zero-order valence-electron chi connectivity index (χ0n) is 15.4. The maximum atomic E-state index is 5.91. The van der Waals surface area contributed by atoms with E-state index in [0.717, 1.165) is 29.6 Å². The Morgan fingerprint density at radius 2 is 2.14 bits per heavy atom. The van der Waals surface area contributed by atoms with Crippen LogP contribution in [0, 0.1) is 0 Å². The van der Waals surface area contributed by atoms with E-state index >= 15 is 0 Å². The number of allylic oxidation sites excluding steroid dienone is 1. The van der Waals surface area contributed by atoms with Gasteiger partial charge in [0.05, 0.1) is 5.25 Å². The molecule has 1 aliphatic rings. The summed E-state index contributed by atoms with van der Waals surface area (Å²) in [6.07, 6.45) is 4.10. The number of nitrogens with zero attached hydrogens (tertiary/aromatic N) is 5. The van der Waals surface area contributed by atoms with E-state index < -0.39 is 0 Å². The molecule has 0 saturated heterocycles. The van der Waals surface area contributed by atoms with Gasteiger partial charge in [-0.15, -0.1) is 16.8 Å². The molecule has 1 aromatic carbocycles. The lowest BCUT2D eigenvalue weighted by Gasteiger charge is -2.10. The van der Waals surface area contributed by atoms with Crippen LogP contribution in [0.1, 0.15) is 48.5 Å². The lowest BCUT2D eigenvalue weighted by molar-refractivity contribution is 0.289. The van der Waals surface area contributed by atoms with Crippen molar-refractivity contribution in [2.24, 2.45) is 0 Å². The van der Waals surface area contributed by atoms with E-state index in [1.165, 1.54) is 11.8 Å². The summed E-state index contributed by atoms with van der Waals surface area (Å²) in [6, 6.07) is 7.21. The van der Waals surface area contributed by atoms with Gasteiger partial charge in [0.2, 0.25) is 5.89 Å². The summed E-state index contributed by atoms with van der Waals surface area (Å²) < 4.78 is 13.2. The molecule has 28 heavy (non-hydrogen) atoms. The normalized spacial score (nSPS) is 14.8. The third-order valence-corrected chi connectivity index (χ3v) is 5.64. The van der Waals surface area contributed by atoms with E-state index in [-0.39, 0.29) is 5.25 Å². The second kappa shape index (κ2) is 8.36. The second-order valence-electron chi connectivity index (χ2n) is 6.57. The summed E-state index contributed by atoms with van der Waals surface area (Å²) in [6.45, 7) is 6.73. The monoisotopic (exact) mass is 417 g/mol. The molecule has 3 aromatic rings. The van der Waals surface area contributed by atoms with E-state index in [4.69, 9.17) is 20.9 Å². The molecule has 7 nitrogen and oxygen atoms in total. The molecular formula is C19H20ClN5O2S. The molecular weight excluding hydrogens is 398 g/mol. The van der Waals surface area contributed by atoms with Crippen molar-refractivity contribution in [3.8, 4) is 5.75 Å². The molecule has 146 valence electrons. The first-order chi connectivity index (χ1) is 13.6. The highest BCUT2D eigenvalue weighted by Crippen LogP contribution is 2.40. The van der Waals surface area contributed by atoms with E-state index in [1.807, 2.05) is 29.7 Å². The largest absolute Gasteiger partial charge is 0.486 e. The minimum Gasteiger partial charge on any atom is -0.486 e. The topological polar surface area (TPSA) is 78.9 Å². The molecule has 0 N–H and O–H groups in total. The number of rotatable bonds is 9. The van der Waals surface area contributed by atoms with Gasteiger partial charge in [-0.25, -0.2) is 0 Å². The predicted molar refractivity (Wildman–Crippen MR) is 107 cm³/mol. The van der Waals surface area contributed by atoms with Crippen LogP contribution < -0.4 is 4.74 Å². The molecule has 0 spiro atoms. The molecule has 2 heterocycles. The standard InChI is InChI=1S/C19H20ClN5O2S/c1-3-10-25-16(11-26-15-8-6-14(20)7-9-15)22-23-19(25)28-12(2)18-21-17(24-27-18)13-4-5-13/h3,6-9,12-13H,1,4-5,10-11H2,2H3. The van der Waals surface area contributed by atoms with Crippen LogP contribution in [0.3, 0.4) is 0 Å². The smallest absolute Gasteiger partial charge is 0.239 e. The molecule has 0 radical (unpaired) electrons. The lowest BCUT2D eigenvalue weighted by atomic mass is 10.3. The first kappa shape index (κ1) is 19.0. The molecule has 1 fully saturated rings. The summed E-state index contributed by atoms with van der Waals surface area (Å²) in [5, 5.41) is 14.1. The van der Waals surface area contributed by atoms with E-state index in [1.54, 1.807) is 12.1 Å². The number of ether oxygens (including phenoxy) is 1. The fourth-order valence-electron chi connectivity index (χ4n) is 2.63. The number of benzene rings is 1. The predicted octanol–water partition coefficient (Wildman–Crippen LogP) is 4.81. The van der Waals surface area contributed by atoms with Crippen molar-refractivity contribution in [1.82, 2.24) is 24.9 Å². The molecule has 0 aliphatic heterocycles. The average molecular weight is 418 g/mol. The Labute approximate surface area is 172 Å². The van der Waals surface area contributed by atoms with Crippen molar-refractivity contribution in [2.75, 3.05) is 0 Å². The Balaban J connectivity index is 1.45. The average Bonchev–Trinajstić information content (AvgIpc) is 3.31. The van der Waals surface area contributed by atoms with Gasteiger partial charge in [-0.3, -0.25) is 4.57 Å². The van der Waals surface area contributed by atoms with Crippen molar-refractivity contribution in [3.63, 3.8) is 0 Å². The molecule has 1 saturated carbocycles. The van der Waals surface area contributed by atoms with Crippen molar-refractivity contribution in [1.29, 1.82) is 0 Å². The van der Waals surface area contributed by atoms with Crippen LogP contribution in [-0.4, -0.2) is 24.9 Å². The van der Waals surface area contributed by atoms with Gasteiger partial charge in [0.15, 0.2) is 16.8 Å². The number of thioether (sulfide) groups is 1. The Bertz CT molecular complexity index is 952. The molecule has 9 heteroatoms. The van der Waals surface area contributed by atoms with Gasteiger partial charge < -0.3 is 9.26 Å². The van der Waals surface area contributed by atoms with E-state index in [9.17, 15) is 0 Å². The van der Waals surface area contributed by atoms with Gasteiger partial charge in [0, 0.05) is 17.5 Å². The van der Waals surface area contributed by atoms with Crippen molar-refractivity contribution < 1.29 is 9.26 Å². The van der Waals surface area contributed by atoms with Gasteiger partial charge in [-0.05, 0) is 44.0 Å². The number of halogens is 1. The molecule has 0 bridgehead atoms. The van der Waals surface area contributed by atoms with Gasteiger partial charge in [-0.2, -0.15) is 4.98 Å². The fourth-order valence-corrected chi connectivity index (χ4v) is 3.67. The Kier molecular flexibility index (Phi) is 5.68. The number of hydrogen-bond acceptors (Lipinski definition) is 7. The van der Waals surface area contributed by atoms with E-state index in [0.29, 0.717) is 35.8 Å². The van der Waals surface area contributed by atoms with Gasteiger partial charge in [-0.1, -0.05) is 34.6 Å². The van der Waals surface area contributed by atoms with Gasteiger partial charge in [0.1, 0.15) is 12.4 Å². The molecule has 0 amide bonds. The summed E-state index contributed by atoms with van der Waals surface area (Å²) in [5.41, 5.74) is 0. The third kappa shape index (κ3) is 4.39. The number of hydrogen-bond donors (Lipinski definition) is 0.